The number of benzene rings is 3. The van der Waals surface area contributed by atoms with Crippen molar-refractivity contribution < 1.29 is 9.47 Å². The molecule has 0 radical (unpaired) electrons. The number of para-hydroxylation sites is 1. The molecule has 0 aliphatic rings. The van der Waals surface area contributed by atoms with Crippen LogP contribution in [0, 0.1) is 0 Å². The summed E-state index contributed by atoms with van der Waals surface area (Å²) in [6.07, 6.45) is 0. The van der Waals surface area contributed by atoms with E-state index in [-0.39, 0.29) is 0 Å². The Hall–Kier alpha value is -2.46. The van der Waals surface area contributed by atoms with Crippen molar-refractivity contribution in [3.05, 3.63) is 77.3 Å². The molecule has 0 saturated carbocycles. The monoisotopic (exact) mass is 383 g/mol. The highest BCUT2D eigenvalue weighted by molar-refractivity contribution is 9.10. The predicted octanol–water partition coefficient (Wildman–Crippen LogP) is 5.94. The molecule has 0 saturated heterocycles. The first-order chi connectivity index (χ1) is 11.7. The van der Waals surface area contributed by atoms with E-state index in [2.05, 4.69) is 26.9 Å². The van der Waals surface area contributed by atoms with E-state index in [4.69, 9.17) is 9.47 Å². The largest absolute Gasteiger partial charge is 0.497 e. The smallest absolute Gasteiger partial charge is 0.119 e. The maximum Gasteiger partial charge on any atom is 0.119 e. The Morgan fingerprint density at radius 1 is 0.667 bits per heavy atom. The molecule has 0 N–H and O–H groups in total. The Labute approximate surface area is 150 Å². The maximum absolute atomic E-state index is 5.27. The van der Waals surface area contributed by atoms with Gasteiger partial charge in [0.1, 0.15) is 11.5 Å². The highest BCUT2D eigenvalue weighted by atomic mass is 79.9. The lowest BCUT2D eigenvalue weighted by atomic mass is 10.2. The second kappa shape index (κ2) is 7.41. The molecule has 0 unspecified atom stereocenters. The molecule has 0 aliphatic heterocycles. The minimum absolute atomic E-state index is 0.834. The molecule has 0 aliphatic carbocycles. The SMILES string of the molecule is COc1ccc(N(c2ccc(OC)cc2)c2ccccc2Br)cc1. The first-order valence-electron chi connectivity index (χ1n) is 7.55. The van der Waals surface area contributed by atoms with Crippen LogP contribution in [0.5, 0.6) is 11.5 Å². The highest BCUT2D eigenvalue weighted by Crippen LogP contribution is 2.39. The van der Waals surface area contributed by atoms with Gasteiger partial charge in [0.05, 0.1) is 19.9 Å². The van der Waals surface area contributed by atoms with Crippen molar-refractivity contribution in [1.29, 1.82) is 0 Å². The molecule has 0 atom stereocenters. The van der Waals surface area contributed by atoms with Gasteiger partial charge in [0, 0.05) is 15.8 Å². The van der Waals surface area contributed by atoms with Crippen molar-refractivity contribution in [3.63, 3.8) is 0 Å². The first-order valence-corrected chi connectivity index (χ1v) is 8.35. The summed E-state index contributed by atoms with van der Waals surface area (Å²) in [5.41, 5.74) is 3.16. The summed E-state index contributed by atoms with van der Waals surface area (Å²) in [7, 11) is 3.34. The normalized spacial score (nSPS) is 10.3. The summed E-state index contributed by atoms with van der Waals surface area (Å²) in [6, 6.07) is 24.2. The Kier molecular flexibility index (Phi) is 5.06. The van der Waals surface area contributed by atoms with E-state index in [1.54, 1.807) is 14.2 Å². The zero-order valence-electron chi connectivity index (χ0n) is 13.6. The first kappa shape index (κ1) is 16.4. The summed E-state index contributed by atoms with van der Waals surface area (Å²) in [5.74, 6) is 1.67. The van der Waals surface area contributed by atoms with Crippen molar-refractivity contribution >= 4 is 33.0 Å². The summed E-state index contributed by atoms with van der Waals surface area (Å²) in [4.78, 5) is 2.18. The van der Waals surface area contributed by atoms with Crippen LogP contribution in [0.4, 0.5) is 17.1 Å². The fourth-order valence-electron chi connectivity index (χ4n) is 2.52. The van der Waals surface area contributed by atoms with Crippen molar-refractivity contribution in [2.24, 2.45) is 0 Å². The van der Waals surface area contributed by atoms with Gasteiger partial charge in [-0.05, 0) is 76.6 Å². The van der Waals surface area contributed by atoms with Gasteiger partial charge in [-0.1, -0.05) is 12.1 Å². The number of ether oxygens (including phenoxy) is 2. The fraction of sp³-hybridized carbons (Fsp3) is 0.100. The number of halogens is 1. The molecule has 24 heavy (non-hydrogen) atoms. The second-order valence-corrected chi connectivity index (χ2v) is 6.04. The summed E-state index contributed by atoms with van der Waals surface area (Å²) >= 11 is 3.66. The van der Waals surface area contributed by atoms with Gasteiger partial charge in [0.25, 0.3) is 0 Å². The van der Waals surface area contributed by atoms with Crippen molar-refractivity contribution in [1.82, 2.24) is 0 Å². The number of nitrogens with zero attached hydrogens (tertiary/aromatic N) is 1. The molecule has 0 bridgehead atoms. The van der Waals surface area contributed by atoms with E-state index in [9.17, 15) is 0 Å². The number of hydrogen-bond donors (Lipinski definition) is 0. The Balaban J connectivity index is 2.10. The van der Waals surface area contributed by atoms with Crippen LogP contribution in [0.2, 0.25) is 0 Å². The molecule has 4 heteroatoms. The molecule has 0 amide bonds. The van der Waals surface area contributed by atoms with Crippen LogP contribution in [-0.4, -0.2) is 14.2 Å². The van der Waals surface area contributed by atoms with Crippen molar-refractivity contribution in [3.8, 4) is 11.5 Å². The lowest BCUT2D eigenvalue weighted by molar-refractivity contribution is 0.415. The molecule has 0 fully saturated rings. The standard InChI is InChI=1S/C20H18BrNO2/c1-23-17-11-7-15(8-12-17)22(20-6-4-3-5-19(20)21)16-9-13-18(24-2)14-10-16/h3-14H,1-2H3. The van der Waals surface area contributed by atoms with Crippen LogP contribution in [-0.2, 0) is 0 Å². The lowest BCUT2D eigenvalue weighted by Crippen LogP contribution is -2.10. The number of anilines is 3. The van der Waals surface area contributed by atoms with E-state index in [1.165, 1.54) is 0 Å². The number of hydrogen-bond acceptors (Lipinski definition) is 3. The fourth-order valence-corrected chi connectivity index (χ4v) is 2.98. The average molecular weight is 384 g/mol. The van der Waals surface area contributed by atoms with Gasteiger partial charge < -0.3 is 14.4 Å². The van der Waals surface area contributed by atoms with Crippen LogP contribution in [0.1, 0.15) is 0 Å². The highest BCUT2D eigenvalue weighted by Gasteiger charge is 2.15. The summed E-state index contributed by atoms with van der Waals surface area (Å²) in [5, 5.41) is 0. The van der Waals surface area contributed by atoms with E-state index in [1.807, 2.05) is 66.7 Å². The van der Waals surface area contributed by atoms with E-state index in [0.29, 0.717) is 0 Å². The maximum atomic E-state index is 5.27. The van der Waals surface area contributed by atoms with Crippen molar-refractivity contribution in [2.75, 3.05) is 19.1 Å². The molecule has 3 aromatic carbocycles. The van der Waals surface area contributed by atoms with Crippen molar-refractivity contribution in [2.45, 2.75) is 0 Å². The number of rotatable bonds is 5. The lowest BCUT2D eigenvalue weighted by Gasteiger charge is -2.26. The van der Waals surface area contributed by atoms with Gasteiger partial charge >= 0.3 is 0 Å². The Morgan fingerprint density at radius 3 is 1.54 bits per heavy atom. The molecule has 0 spiro atoms. The van der Waals surface area contributed by atoms with Gasteiger partial charge in [-0.25, -0.2) is 0 Å². The number of methoxy groups -OCH3 is 2. The molecule has 122 valence electrons. The topological polar surface area (TPSA) is 21.7 Å². The molecule has 0 aromatic heterocycles. The van der Waals surface area contributed by atoms with Crippen LogP contribution in [0.3, 0.4) is 0 Å². The third-order valence-electron chi connectivity index (χ3n) is 3.75. The molecule has 3 rings (SSSR count). The van der Waals surface area contributed by atoms with Gasteiger partial charge in [-0.2, -0.15) is 0 Å². The van der Waals surface area contributed by atoms with Gasteiger partial charge in [0.15, 0.2) is 0 Å². The molecular weight excluding hydrogens is 366 g/mol. The van der Waals surface area contributed by atoms with Crippen LogP contribution in [0.25, 0.3) is 0 Å². The summed E-state index contributed by atoms with van der Waals surface area (Å²) < 4.78 is 11.6. The van der Waals surface area contributed by atoms with Gasteiger partial charge in [0.2, 0.25) is 0 Å². The quantitative estimate of drug-likeness (QED) is 0.544. The second-order valence-electron chi connectivity index (χ2n) is 5.18. The average Bonchev–Trinajstić information content (AvgIpc) is 2.64. The van der Waals surface area contributed by atoms with Gasteiger partial charge in [-0.15, -0.1) is 0 Å². The van der Waals surface area contributed by atoms with Crippen LogP contribution >= 0.6 is 15.9 Å². The van der Waals surface area contributed by atoms with E-state index in [0.717, 1.165) is 33.0 Å². The Bertz CT molecular complexity index is 753. The van der Waals surface area contributed by atoms with E-state index >= 15 is 0 Å². The zero-order valence-corrected chi connectivity index (χ0v) is 15.2. The third kappa shape index (κ3) is 3.39. The molecular formula is C20H18BrNO2. The predicted molar refractivity (Wildman–Crippen MR) is 102 cm³/mol. The van der Waals surface area contributed by atoms with Crippen LogP contribution < -0.4 is 14.4 Å². The minimum atomic E-state index is 0.834. The summed E-state index contributed by atoms with van der Waals surface area (Å²) in [6.45, 7) is 0. The van der Waals surface area contributed by atoms with E-state index < -0.39 is 0 Å². The zero-order chi connectivity index (χ0) is 16.9. The minimum Gasteiger partial charge on any atom is -0.497 e. The molecule has 3 aromatic rings. The molecule has 0 heterocycles. The molecule has 3 nitrogen and oxygen atoms in total. The van der Waals surface area contributed by atoms with Gasteiger partial charge in [-0.3, -0.25) is 0 Å². The third-order valence-corrected chi connectivity index (χ3v) is 4.43. The Morgan fingerprint density at radius 2 is 1.12 bits per heavy atom. The van der Waals surface area contributed by atoms with Crippen LogP contribution in [0.15, 0.2) is 77.3 Å².